The van der Waals surface area contributed by atoms with E-state index in [1.165, 1.54) is 32.1 Å². The second-order valence-corrected chi connectivity index (χ2v) is 5.21. The largest absolute Gasteiger partial charge is 0.490 e. The van der Waals surface area contributed by atoms with Gasteiger partial charge in [0, 0.05) is 20.6 Å². The van der Waals surface area contributed by atoms with Crippen molar-refractivity contribution in [3.63, 3.8) is 0 Å². The Labute approximate surface area is 115 Å². The molecule has 0 amide bonds. The number of methoxy groups -OCH3 is 1. The van der Waals surface area contributed by atoms with Gasteiger partial charge in [-0.15, -0.1) is 0 Å². The molecule has 0 unspecified atom stereocenters. The quantitative estimate of drug-likeness (QED) is 0.885. The Morgan fingerprint density at radius 1 is 1.32 bits per heavy atom. The fourth-order valence-corrected chi connectivity index (χ4v) is 2.85. The van der Waals surface area contributed by atoms with E-state index in [9.17, 15) is 0 Å². The van der Waals surface area contributed by atoms with E-state index in [1.54, 1.807) is 13.4 Å². The molecular formula is C14H24N4O. The summed E-state index contributed by atoms with van der Waals surface area (Å²) in [5.74, 6) is 3.11. The summed E-state index contributed by atoms with van der Waals surface area (Å²) in [5.41, 5.74) is 0. The second-order valence-electron chi connectivity index (χ2n) is 5.21. The number of aromatic nitrogens is 2. The SMILES string of the molecule is CNc1ncnc(N(C)CC2CCCCC2)c1OC. The topological polar surface area (TPSA) is 50.3 Å². The highest BCUT2D eigenvalue weighted by atomic mass is 16.5. The Hall–Kier alpha value is -1.52. The summed E-state index contributed by atoms with van der Waals surface area (Å²) in [6, 6.07) is 0. The minimum absolute atomic E-state index is 0.725. The molecule has 106 valence electrons. The highest BCUT2D eigenvalue weighted by Crippen LogP contribution is 2.32. The molecule has 1 fully saturated rings. The first-order chi connectivity index (χ1) is 9.26. The summed E-state index contributed by atoms with van der Waals surface area (Å²) in [5, 5.41) is 3.04. The van der Waals surface area contributed by atoms with E-state index in [0.717, 1.165) is 29.8 Å². The van der Waals surface area contributed by atoms with Gasteiger partial charge in [-0.25, -0.2) is 9.97 Å². The smallest absolute Gasteiger partial charge is 0.204 e. The van der Waals surface area contributed by atoms with Crippen molar-refractivity contribution in [3.8, 4) is 5.75 Å². The summed E-state index contributed by atoms with van der Waals surface area (Å²) in [6.45, 7) is 1.04. The van der Waals surface area contributed by atoms with Crippen LogP contribution in [0.5, 0.6) is 5.75 Å². The molecule has 1 aliphatic rings. The van der Waals surface area contributed by atoms with Crippen LogP contribution >= 0.6 is 0 Å². The minimum atomic E-state index is 0.725. The van der Waals surface area contributed by atoms with Gasteiger partial charge in [0.2, 0.25) is 5.75 Å². The molecule has 0 radical (unpaired) electrons. The lowest BCUT2D eigenvalue weighted by molar-refractivity contribution is 0.359. The van der Waals surface area contributed by atoms with Crippen molar-refractivity contribution in [2.24, 2.45) is 5.92 Å². The van der Waals surface area contributed by atoms with Crippen LogP contribution in [0, 0.1) is 5.92 Å². The Balaban J connectivity index is 2.11. The van der Waals surface area contributed by atoms with Crippen LogP contribution in [0.3, 0.4) is 0 Å². The van der Waals surface area contributed by atoms with E-state index in [4.69, 9.17) is 4.74 Å². The van der Waals surface area contributed by atoms with Crippen molar-refractivity contribution in [3.05, 3.63) is 6.33 Å². The third-order valence-electron chi connectivity index (χ3n) is 3.84. The number of anilines is 2. The van der Waals surface area contributed by atoms with Gasteiger partial charge >= 0.3 is 0 Å². The number of ether oxygens (including phenoxy) is 1. The fourth-order valence-electron chi connectivity index (χ4n) is 2.85. The van der Waals surface area contributed by atoms with E-state index < -0.39 is 0 Å². The van der Waals surface area contributed by atoms with Crippen molar-refractivity contribution in [2.45, 2.75) is 32.1 Å². The van der Waals surface area contributed by atoms with E-state index >= 15 is 0 Å². The molecule has 1 N–H and O–H groups in total. The highest BCUT2D eigenvalue weighted by Gasteiger charge is 2.19. The Morgan fingerprint density at radius 3 is 2.68 bits per heavy atom. The van der Waals surface area contributed by atoms with Crippen LogP contribution in [0.2, 0.25) is 0 Å². The average molecular weight is 264 g/mol. The summed E-state index contributed by atoms with van der Waals surface area (Å²) < 4.78 is 5.45. The molecule has 0 aromatic carbocycles. The number of nitrogens with zero attached hydrogens (tertiary/aromatic N) is 3. The summed E-state index contributed by atoms with van der Waals surface area (Å²) in [6.07, 6.45) is 8.36. The molecule has 2 rings (SSSR count). The van der Waals surface area contributed by atoms with E-state index in [-0.39, 0.29) is 0 Å². The highest BCUT2D eigenvalue weighted by molar-refractivity contribution is 5.64. The second kappa shape index (κ2) is 6.59. The standard InChI is InChI=1S/C14H24N4O/c1-15-13-12(19-3)14(17-10-16-13)18(2)9-11-7-5-4-6-8-11/h10-11H,4-9H2,1-3H3,(H,15,16,17). The zero-order valence-electron chi connectivity index (χ0n) is 12.1. The minimum Gasteiger partial charge on any atom is -0.490 e. The first-order valence-corrected chi connectivity index (χ1v) is 7.04. The van der Waals surface area contributed by atoms with Crippen LogP contribution in [-0.2, 0) is 0 Å². The van der Waals surface area contributed by atoms with Gasteiger partial charge in [0.1, 0.15) is 6.33 Å². The zero-order valence-corrected chi connectivity index (χ0v) is 12.1. The van der Waals surface area contributed by atoms with Crippen molar-refractivity contribution in [1.82, 2.24) is 9.97 Å². The van der Waals surface area contributed by atoms with Crippen LogP contribution in [0.15, 0.2) is 6.33 Å². The van der Waals surface area contributed by atoms with Gasteiger partial charge in [0.15, 0.2) is 11.6 Å². The van der Waals surface area contributed by atoms with Crippen molar-refractivity contribution >= 4 is 11.6 Å². The van der Waals surface area contributed by atoms with Crippen molar-refractivity contribution < 1.29 is 4.74 Å². The maximum absolute atomic E-state index is 5.45. The zero-order chi connectivity index (χ0) is 13.7. The molecule has 0 spiro atoms. The molecule has 1 aromatic rings. The Morgan fingerprint density at radius 2 is 2.05 bits per heavy atom. The molecule has 1 saturated carbocycles. The molecule has 0 bridgehead atoms. The summed E-state index contributed by atoms with van der Waals surface area (Å²) in [7, 11) is 5.59. The van der Waals surface area contributed by atoms with Crippen molar-refractivity contribution in [2.75, 3.05) is 38.0 Å². The normalized spacial score (nSPS) is 16.2. The number of hydrogen-bond donors (Lipinski definition) is 1. The molecule has 1 aromatic heterocycles. The molecular weight excluding hydrogens is 240 g/mol. The molecule has 0 atom stereocenters. The lowest BCUT2D eigenvalue weighted by Gasteiger charge is -2.28. The van der Waals surface area contributed by atoms with E-state index in [0.29, 0.717) is 0 Å². The number of nitrogens with one attached hydrogen (secondary N) is 1. The molecule has 19 heavy (non-hydrogen) atoms. The van der Waals surface area contributed by atoms with Gasteiger partial charge in [-0.1, -0.05) is 19.3 Å². The van der Waals surface area contributed by atoms with Crippen LogP contribution in [0.25, 0.3) is 0 Å². The van der Waals surface area contributed by atoms with Crippen molar-refractivity contribution in [1.29, 1.82) is 0 Å². The third kappa shape index (κ3) is 3.28. The Kier molecular flexibility index (Phi) is 4.82. The molecule has 5 heteroatoms. The fraction of sp³-hybridized carbons (Fsp3) is 0.714. The maximum atomic E-state index is 5.45. The Bertz CT molecular complexity index is 404. The van der Waals surface area contributed by atoms with Crippen LogP contribution in [0.4, 0.5) is 11.6 Å². The van der Waals surface area contributed by atoms with E-state index in [2.05, 4.69) is 27.2 Å². The maximum Gasteiger partial charge on any atom is 0.204 e. The number of hydrogen-bond acceptors (Lipinski definition) is 5. The molecule has 0 saturated heterocycles. The van der Waals surface area contributed by atoms with Gasteiger partial charge in [-0.2, -0.15) is 0 Å². The monoisotopic (exact) mass is 264 g/mol. The lowest BCUT2D eigenvalue weighted by atomic mass is 9.89. The predicted octanol–water partition coefficient (Wildman–Crippen LogP) is 2.54. The molecule has 0 aliphatic heterocycles. The first-order valence-electron chi connectivity index (χ1n) is 7.04. The van der Waals surface area contributed by atoms with Gasteiger partial charge in [-0.3, -0.25) is 0 Å². The van der Waals surface area contributed by atoms with Crippen LogP contribution in [0.1, 0.15) is 32.1 Å². The van der Waals surface area contributed by atoms with Gasteiger partial charge < -0.3 is 15.0 Å². The van der Waals surface area contributed by atoms with E-state index in [1.807, 2.05) is 7.05 Å². The average Bonchev–Trinajstić information content (AvgIpc) is 2.47. The number of rotatable bonds is 5. The van der Waals surface area contributed by atoms with Crippen LogP contribution in [-0.4, -0.2) is 37.7 Å². The van der Waals surface area contributed by atoms with Gasteiger partial charge in [0.05, 0.1) is 7.11 Å². The molecule has 1 heterocycles. The van der Waals surface area contributed by atoms with Gasteiger partial charge in [0.25, 0.3) is 0 Å². The van der Waals surface area contributed by atoms with Crippen LogP contribution < -0.4 is 15.0 Å². The summed E-state index contributed by atoms with van der Waals surface area (Å²) >= 11 is 0. The molecule has 5 nitrogen and oxygen atoms in total. The summed E-state index contributed by atoms with van der Waals surface area (Å²) in [4.78, 5) is 10.7. The third-order valence-corrected chi connectivity index (χ3v) is 3.84. The molecule has 1 aliphatic carbocycles. The lowest BCUT2D eigenvalue weighted by Crippen LogP contribution is -2.28. The predicted molar refractivity (Wildman–Crippen MR) is 78.0 cm³/mol. The first kappa shape index (κ1) is 13.9. The van der Waals surface area contributed by atoms with Gasteiger partial charge in [-0.05, 0) is 18.8 Å².